The molecule has 7 heteroatoms. The third-order valence-electron chi connectivity index (χ3n) is 3.59. The topological polar surface area (TPSA) is 78.3 Å². The van der Waals surface area contributed by atoms with Crippen molar-refractivity contribution in [2.75, 3.05) is 19.8 Å². The first-order valence-electron chi connectivity index (χ1n) is 6.79. The van der Waals surface area contributed by atoms with Crippen molar-refractivity contribution in [3.05, 3.63) is 10.8 Å². The van der Waals surface area contributed by atoms with E-state index in [-0.39, 0.29) is 0 Å². The number of nitrogens with zero attached hydrogens (tertiary/aromatic N) is 4. The van der Waals surface area contributed by atoms with Gasteiger partial charge in [-0.3, -0.25) is 0 Å². The average Bonchev–Trinajstić information content (AvgIpc) is 3.09. The molecule has 1 saturated heterocycles. The highest BCUT2D eigenvalue weighted by atomic mass is 32.1. The molecule has 2 atom stereocenters. The SMILES string of the molecule is CC(CCCN)c1nn2c(C3CCOC3)nnc2s1. The second kappa shape index (κ2) is 5.52. The Balaban J connectivity index is 1.84. The van der Waals surface area contributed by atoms with Crippen LogP contribution in [-0.4, -0.2) is 39.6 Å². The molecule has 0 bridgehead atoms. The molecule has 2 aromatic heterocycles. The molecule has 6 nitrogen and oxygen atoms in total. The molecular weight excluding hydrogens is 262 g/mol. The molecule has 1 aliphatic rings. The fourth-order valence-electron chi connectivity index (χ4n) is 2.39. The number of nitrogens with two attached hydrogens (primary N) is 1. The number of ether oxygens (including phenoxy) is 1. The minimum atomic E-state index is 0.337. The summed E-state index contributed by atoms with van der Waals surface area (Å²) in [6.07, 6.45) is 3.11. The summed E-state index contributed by atoms with van der Waals surface area (Å²) in [5.41, 5.74) is 5.56. The number of hydrogen-bond acceptors (Lipinski definition) is 6. The summed E-state index contributed by atoms with van der Waals surface area (Å²) in [6.45, 7) is 4.47. The van der Waals surface area contributed by atoms with Crippen LogP contribution in [-0.2, 0) is 4.74 Å². The lowest BCUT2D eigenvalue weighted by atomic mass is 10.1. The van der Waals surface area contributed by atoms with Gasteiger partial charge in [0, 0.05) is 18.4 Å². The molecule has 0 amide bonds. The Hall–Kier alpha value is -1.05. The van der Waals surface area contributed by atoms with Crippen LogP contribution in [0.25, 0.3) is 4.96 Å². The van der Waals surface area contributed by atoms with Crippen molar-refractivity contribution in [3.8, 4) is 0 Å². The number of hydrogen-bond donors (Lipinski definition) is 1. The number of rotatable bonds is 5. The van der Waals surface area contributed by atoms with Crippen molar-refractivity contribution >= 4 is 16.3 Å². The van der Waals surface area contributed by atoms with E-state index in [2.05, 4.69) is 22.2 Å². The van der Waals surface area contributed by atoms with Crippen molar-refractivity contribution in [2.24, 2.45) is 5.73 Å². The Morgan fingerprint density at radius 2 is 2.42 bits per heavy atom. The summed E-state index contributed by atoms with van der Waals surface area (Å²) in [4.78, 5) is 0.886. The van der Waals surface area contributed by atoms with Gasteiger partial charge in [-0.15, -0.1) is 10.2 Å². The van der Waals surface area contributed by atoms with Gasteiger partial charge in [0.2, 0.25) is 4.96 Å². The van der Waals surface area contributed by atoms with Gasteiger partial charge in [0.15, 0.2) is 5.82 Å². The second-order valence-electron chi connectivity index (χ2n) is 5.09. The summed E-state index contributed by atoms with van der Waals surface area (Å²) in [7, 11) is 0. The van der Waals surface area contributed by atoms with Crippen LogP contribution in [0.3, 0.4) is 0 Å². The highest BCUT2D eigenvalue weighted by Gasteiger charge is 2.25. The number of aromatic nitrogens is 4. The molecule has 19 heavy (non-hydrogen) atoms. The molecule has 3 heterocycles. The van der Waals surface area contributed by atoms with Gasteiger partial charge in [0.05, 0.1) is 6.61 Å². The summed E-state index contributed by atoms with van der Waals surface area (Å²) in [5, 5.41) is 14.3. The van der Waals surface area contributed by atoms with Gasteiger partial charge in [-0.2, -0.15) is 9.61 Å². The van der Waals surface area contributed by atoms with Gasteiger partial charge in [0.1, 0.15) is 5.01 Å². The van der Waals surface area contributed by atoms with Crippen molar-refractivity contribution in [1.82, 2.24) is 19.8 Å². The summed E-state index contributed by atoms with van der Waals surface area (Å²) in [6, 6.07) is 0. The maximum Gasteiger partial charge on any atom is 0.234 e. The zero-order chi connectivity index (χ0) is 13.2. The first-order chi connectivity index (χ1) is 9.29. The van der Waals surface area contributed by atoms with E-state index in [1.165, 1.54) is 0 Å². The van der Waals surface area contributed by atoms with Crippen LogP contribution in [0.2, 0.25) is 0 Å². The quantitative estimate of drug-likeness (QED) is 0.899. The van der Waals surface area contributed by atoms with E-state index in [4.69, 9.17) is 10.5 Å². The molecule has 0 radical (unpaired) electrons. The highest BCUT2D eigenvalue weighted by molar-refractivity contribution is 7.16. The van der Waals surface area contributed by atoms with E-state index in [1.54, 1.807) is 11.3 Å². The third-order valence-corrected chi connectivity index (χ3v) is 4.72. The summed E-state index contributed by atoms with van der Waals surface area (Å²) in [5.74, 6) is 1.72. The zero-order valence-electron chi connectivity index (χ0n) is 11.1. The molecule has 2 N–H and O–H groups in total. The summed E-state index contributed by atoms with van der Waals surface area (Å²) < 4.78 is 7.32. The van der Waals surface area contributed by atoms with Crippen LogP contribution in [0.5, 0.6) is 0 Å². The van der Waals surface area contributed by atoms with Crippen LogP contribution in [0.1, 0.15) is 48.9 Å². The van der Waals surface area contributed by atoms with Crippen LogP contribution in [0, 0.1) is 0 Å². The fourth-order valence-corrected chi connectivity index (χ4v) is 3.32. The Bertz CT molecular complexity index is 545. The molecule has 0 saturated carbocycles. The maximum absolute atomic E-state index is 5.56. The van der Waals surface area contributed by atoms with Gasteiger partial charge in [-0.1, -0.05) is 18.3 Å². The van der Waals surface area contributed by atoms with Crippen molar-refractivity contribution < 1.29 is 4.74 Å². The first-order valence-corrected chi connectivity index (χ1v) is 7.61. The van der Waals surface area contributed by atoms with Gasteiger partial charge in [0.25, 0.3) is 0 Å². The van der Waals surface area contributed by atoms with Crippen LogP contribution >= 0.6 is 11.3 Å². The van der Waals surface area contributed by atoms with E-state index < -0.39 is 0 Å². The highest BCUT2D eigenvalue weighted by Crippen LogP contribution is 2.29. The predicted molar refractivity (Wildman–Crippen MR) is 73.5 cm³/mol. The Morgan fingerprint density at radius 1 is 1.53 bits per heavy atom. The summed E-state index contributed by atoms with van der Waals surface area (Å²) >= 11 is 1.63. The molecular formula is C12H19N5OS. The molecule has 2 aromatic rings. The van der Waals surface area contributed by atoms with E-state index in [9.17, 15) is 0 Å². The first kappa shape index (κ1) is 13.0. The predicted octanol–water partition coefficient (Wildman–Crippen LogP) is 1.53. The maximum atomic E-state index is 5.56. The smallest absolute Gasteiger partial charge is 0.234 e. The molecule has 0 aliphatic carbocycles. The molecule has 0 spiro atoms. The minimum absolute atomic E-state index is 0.337. The average molecular weight is 281 g/mol. The lowest BCUT2D eigenvalue weighted by Gasteiger charge is -2.06. The second-order valence-corrected chi connectivity index (χ2v) is 6.07. The molecule has 1 fully saturated rings. The Morgan fingerprint density at radius 3 is 3.16 bits per heavy atom. The third kappa shape index (κ3) is 2.50. The molecule has 104 valence electrons. The molecule has 2 unspecified atom stereocenters. The van der Waals surface area contributed by atoms with Crippen LogP contribution < -0.4 is 5.73 Å². The Kier molecular flexibility index (Phi) is 3.76. The largest absolute Gasteiger partial charge is 0.381 e. The van der Waals surface area contributed by atoms with Gasteiger partial charge in [-0.25, -0.2) is 0 Å². The van der Waals surface area contributed by atoms with E-state index in [1.807, 2.05) is 4.52 Å². The lowest BCUT2D eigenvalue weighted by molar-refractivity contribution is 0.193. The molecule has 1 aliphatic heterocycles. The Labute approximate surface area is 116 Å². The fraction of sp³-hybridized carbons (Fsp3) is 0.750. The number of fused-ring (bicyclic) bond motifs is 1. The van der Waals surface area contributed by atoms with E-state index in [0.717, 1.165) is 54.8 Å². The van der Waals surface area contributed by atoms with Crippen molar-refractivity contribution in [2.45, 2.75) is 38.0 Å². The lowest BCUT2D eigenvalue weighted by Crippen LogP contribution is -2.06. The van der Waals surface area contributed by atoms with Crippen molar-refractivity contribution in [1.29, 1.82) is 0 Å². The van der Waals surface area contributed by atoms with E-state index in [0.29, 0.717) is 11.8 Å². The van der Waals surface area contributed by atoms with Gasteiger partial charge < -0.3 is 10.5 Å². The van der Waals surface area contributed by atoms with Gasteiger partial charge >= 0.3 is 0 Å². The molecule has 3 rings (SSSR count). The zero-order valence-corrected chi connectivity index (χ0v) is 11.9. The van der Waals surface area contributed by atoms with Crippen molar-refractivity contribution in [3.63, 3.8) is 0 Å². The normalized spacial score (nSPS) is 21.3. The van der Waals surface area contributed by atoms with Crippen LogP contribution in [0.4, 0.5) is 0 Å². The standard InChI is InChI=1S/C12H19N5OS/c1-8(3-2-5-13)11-16-17-10(9-4-6-18-7-9)14-15-12(17)19-11/h8-9H,2-7,13H2,1H3. The monoisotopic (exact) mass is 281 g/mol. The van der Waals surface area contributed by atoms with Crippen LogP contribution in [0.15, 0.2) is 0 Å². The minimum Gasteiger partial charge on any atom is -0.381 e. The van der Waals surface area contributed by atoms with Gasteiger partial charge in [-0.05, 0) is 25.8 Å². The molecule has 0 aromatic carbocycles. The van der Waals surface area contributed by atoms with E-state index >= 15 is 0 Å².